The third-order valence-corrected chi connectivity index (χ3v) is 8.04. The summed E-state index contributed by atoms with van der Waals surface area (Å²) in [5.41, 5.74) is 0.728. The lowest BCUT2D eigenvalue weighted by Gasteiger charge is -2.32. The van der Waals surface area contributed by atoms with Crippen LogP contribution in [0.2, 0.25) is 0 Å². The molecule has 214 valence electrons. The number of hydrogen-bond donors (Lipinski definition) is 1. The fourth-order valence-electron chi connectivity index (χ4n) is 3.99. The number of ether oxygens (including phenoxy) is 2. The van der Waals surface area contributed by atoms with E-state index in [1.807, 2.05) is 6.92 Å². The zero-order chi connectivity index (χ0) is 29.3. The summed E-state index contributed by atoms with van der Waals surface area (Å²) in [6.45, 7) is 3.23. The van der Waals surface area contributed by atoms with Crippen molar-refractivity contribution in [2.24, 2.45) is 0 Å². The van der Waals surface area contributed by atoms with Crippen molar-refractivity contribution < 1.29 is 31.9 Å². The Bertz CT molecular complexity index is 1400. The SMILES string of the molecule is CCCNC(=O)[C@H](C)N(Cc1ccc(F)cc1)C(=O)CN(c1ccccc1OC)S(=O)(=O)c1ccc(OC)cc1. The van der Waals surface area contributed by atoms with Crippen LogP contribution in [0.5, 0.6) is 11.5 Å². The van der Waals surface area contributed by atoms with E-state index in [0.717, 1.165) is 4.31 Å². The second-order valence-corrected chi connectivity index (χ2v) is 10.8. The first-order chi connectivity index (χ1) is 19.1. The van der Waals surface area contributed by atoms with E-state index in [0.29, 0.717) is 24.3 Å². The van der Waals surface area contributed by atoms with Crippen LogP contribution in [0.3, 0.4) is 0 Å². The largest absolute Gasteiger partial charge is 0.497 e. The van der Waals surface area contributed by atoms with Gasteiger partial charge in [-0.05, 0) is 67.4 Å². The van der Waals surface area contributed by atoms with E-state index < -0.39 is 34.3 Å². The van der Waals surface area contributed by atoms with Gasteiger partial charge in [-0.1, -0.05) is 31.2 Å². The van der Waals surface area contributed by atoms with Crippen LogP contribution >= 0.6 is 0 Å². The molecule has 0 fully saturated rings. The van der Waals surface area contributed by atoms with Gasteiger partial charge < -0.3 is 19.7 Å². The van der Waals surface area contributed by atoms with E-state index in [1.165, 1.54) is 73.7 Å². The van der Waals surface area contributed by atoms with Crippen LogP contribution in [0.25, 0.3) is 0 Å². The van der Waals surface area contributed by atoms with Gasteiger partial charge in [0.15, 0.2) is 0 Å². The fraction of sp³-hybridized carbons (Fsp3) is 0.310. The van der Waals surface area contributed by atoms with E-state index in [4.69, 9.17) is 9.47 Å². The summed E-state index contributed by atoms with van der Waals surface area (Å²) < 4.78 is 53.0. The lowest BCUT2D eigenvalue weighted by atomic mass is 10.1. The molecule has 3 aromatic rings. The summed E-state index contributed by atoms with van der Waals surface area (Å²) in [5.74, 6) is -0.753. The van der Waals surface area contributed by atoms with Crippen molar-refractivity contribution in [2.45, 2.75) is 37.8 Å². The summed E-state index contributed by atoms with van der Waals surface area (Å²) in [4.78, 5) is 28.0. The Kier molecular flexibility index (Phi) is 10.5. The molecule has 0 aliphatic heterocycles. The Morgan fingerprint density at radius 1 is 0.950 bits per heavy atom. The highest BCUT2D eigenvalue weighted by Gasteiger charge is 2.33. The minimum Gasteiger partial charge on any atom is -0.497 e. The molecule has 11 heteroatoms. The lowest BCUT2D eigenvalue weighted by Crippen LogP contribution is -2.51. The smallest absolute Gasteiger partial charge is 0.264 e. The van der Waals surface area contributed by atoms with E-state index in [1.54, 1.807) is 25.1 Å². The summed E-state index contributed by atoms with van der Waals surface area (Å²) >= 11 is 0. The first-order valence-corrected chi connectivity index (χ1v) is 14.2. The molecule has 0 unspecified atom stereocenters. The summed E-state index contributed by atoms with van der Waals surface area (Å²) in [5, 5.41) is 2.78. The second kappa shape index (κ2) is 13.8. The molecule has 0 aliphatic rings. The molecule has 0 aromatic heterocycles. The van der Waals surface area contributed by atoms with E-state index in [2.05, 4.69) is 5.32 Å². The quantitative estimate of drug-likeness (QED) is 0.333. The minimum absolute atomic E-state index is 0.0395. The monoisotopic (exact) mass is 571 g/mol. The number of anilines is 1. The number of amides is 2. The predicted octanol–water partition coefficient (Wildman–Crippen LogP) is 3.98. The van der Waals surface area contributed by atoms with Crippen molar-refractivity contribution in [3.05, 3.63) is 84.2 Å². The molecule has 0 spiro atoms. The van der Waals surface area contributed by atoms with E-state index in [-0.39, 0.29) is 28.8 Å². The van der Waals surface area contributed by atoms with Crippen molar-refractivity contribution in [1.29, 1.82) is 0 Å². The molecule has 9 nitrogen and oxygen atoms in total. The third kappa shape index (κ3) is 7.29. The normalized spacial score (nSPS) is 11.8. The Hall–Kier alpha value is -4.12. The molecular weight excluding hydrogens is 537 g/mol. The van der Waals surface area contributed by atoms with Gasteiger partial charge in [-0.25, -0.2) is 12.8 Å². The number of nitrogens with zero attached hydrogens (tertiary/aromatic N) is 2. The zero-order valence-electron chi connectivity index (χ0n) is 23.0. The minimum atomic E-state index is -4.28. The van der Waals surface area contributed by atoms with Gasteiger partial charge >= 0.3 is 0 Å². The summed E-state index contributed by atoms with van der Waals surface area (Å²) in [7, 11) is -1.41. The maximum Gasteiger partial charge on any atom is 0.264 e. The maximum absolute atomic E-state index is 13.9. The molecule has 2 amide bonds. The second-order valence-electron chi connectivity index (χ2n) is 8.97. The molecule has 0 radical (unpaired) electrons. The average Bonchev–Trinajstić information content (AvgIpc) is 2.97. The topological polar surface area (TPSA) is 105 Å². The van der Waals surface area contributed by atoms with Crippen LogP contribution < -0.4 is 19.1 Å². The fourth-order valence-corrected chi connectivity index (χ4v) is 5.41. The van der Waals surface area contributed by atoms with Gasteiger partial charge in [0.25, 0.3) is 10.0 Å². The number of rotatable bonds is 13. The predicted molar refractivity (Wildman–Crippen MR) is 150 cm³/mol. The Balaban J connectivity index is 2.05. The molecule has 1 N–H and O–H groups in total. The molecule has 3 aromatic carbocycles. The summed E-state index contributed by atoms with van der Waals surface area (Å²) in [6, 6.07) is 16.8. The molecule has 0 bridgehead atoms. The molecule has 3 rings (SSSR count). The number of para-hydroxylation sites is 2. The first kappa shape index (κ1) is 30.4. The highest BCUT2D eigenvalue weighted by Crippen LogP contribution is 2.33. The molecule has 0 saturated carbocycles. The number of carbonyl (C=O) groups is 2. The van der Waals surface area contributed by atoms with Gasteiger partial charge in [-0.15, -0.1) is 0 Å². The number of benzene rings is 3. The first-order valence-electron chi connectivity index (χ1n) is 12.7. The maximum atomic E-state index is 13.9. The highest BCUT2D eigenvalue weighted by molar-refractivity contribution is 7.92. The van der Waals surface area contributed by atoms with Crippen molar-refractivity contribution in [3.63, 3.8) is 0 Å². The highest BCUT2D eigenvalue weighted by atomic mass is 32.2. The van der Waals surface area contributed by atoms with Crippen molar-refractivity contribution >= 4 is 27.5 Å². The standard InChI is InChI=1S/C29H34FN3O6S/c1-5-18-31-29(35)21(2)32(19-22-10-12-23(30)13-11-22)28(34)20-33(26-8-6-7-9-27(26)39-4)40(36,37)25-16-14-24(38-3)15-17-25/h6-17,21H,5,18-20H2,1-4H3,(H,31,35)/t21-/m0/s1. The van der Waals surface area contributed by atoms with Crippen LogP contribution in [-0.2, 0) is 26.2 Å². The molecule has 40 heavy (non-hydrogen) atoms. The molecule has 1 atom stereocenters. The molecule has 0 saturated heterocycles. The van der Waals surface area contributed by atoms with Gasteiger partial charge in [0, 0.05) is 13.1 Å². The van der Waals surface area contributed by atoms with Crippen LogP contribution in [0.1, 0.15) is 25.8 Å². The lowest BCUT2D eigenvalue weighted by molar-refractivity contribution is -0.139. The summed E-state index contributed by atoms with van der Waals surface area (Å²) in [6.07, 6.45) is 0.700. The van der Waals surface area contributed by atoms with Crippen LogP contribution in [-0.4, -0.2) is 58.5 Å². The van der Waals surface area contributed by atoms with Gasteiger partial charge in [0.1, 0.15) is 29.9 Å². The molecule has 0 heterocycles. The van der Waals surface area contributed by atoms with E-state index in [9.17, 15) is 22.4 Å². The number of sulfonamides is 1. The number of halogens is 1. The van der Waals surface area contributed by atoms with Gasteiger partial charge in [0.05, 0.1) is 24.8 Å². The van der Waals surface area contributed by atoms with Crippen molar-refractivity contribution in [3.8, 4) is 11.5 Å². The van der Waals surface area contributed by atoms with Crippen LogP contribution in [0.15, 0.2) is 77.7 Å². The van der Waals surface area contributed by atoms with Gasteiger partial charge in [0.2, 0.25) is 11.8 Å². The van der Waals surface area contributed by atoms with Crippen molar-refractivity contribution in [1.82, 2.24) is 10.2 Å². The average molecular weight is 572 g/mol. The zero-order valence-corrected chi connectivity index (χ0v) is 23.8. The van der Waals surface area contributed by atoms with Gasteiger partial charge in [-0.2, -0.15) is 0 Å². The van der Waals surface area contributed by atoms with Gasteiger partial charge in [-0.3, -0.25) is 13.9 Å². The Labute approximate surface area is 234 Å². The molecular formula is C29H34FN3O6S. The molecule has 0 aliphatic carbocycles. The van der Waals surface area contributed by atoms with Crippen LogP contribution in [0, 0.1) is 5.82 Å². The van der Waals surface area contributed by atoms with E-state index >= 15 is 0 Å². The number of hydrogen-bond acceptors (Lipinski definition) is 6. The Morgan fingerprint density at radius 2 is 1.60 bits per heavy atom. The van der Waals surface area contributed by atoms with Crippen LogP contribution in [0.4, 0.5) is 10.1 Å². The number of nitrogens with one attached hydrogen (secondary N) is 1. The third-order valence-electron chi connectivity index (χ3n) is 6.26. The Morgan fingerprint density at radius 3 is 2.20 bits per heavy atom. The van der Waals surface area contributed by atoms with Crippen molar-refractivity contribution in [2.75, 3.05) is 31.6 Å². The number of methoxy groups -OCH3 is 2. The number of carbonyl (C=O) groups excluding carboxylic acids is 2.